The number of hydrogen-bond acceptors (Lipinski definition) is 3. The van der Waals surface area contributed by atoms with Crippen LogP contribution < -0.4 is 15.4 Å². The van der Waals surface area contributed by atoms with Gasteiger partial charge in [-0.05, 0) is 55.0 Å². The summed E-state index contributed by atoms with van der Waals surface area (Å²) in [6, 6.07) is 21.3. The second-order valence-corrected chi connectivity index (χ2v) is 5.95. The van der Waals surface area contributed by atoms with Crippen molar-refractivity contribution in [1.82, 2.24) is 0 Å². The Bertz CT molecular complexity index is 910. The smallest absolute Gasteiger partial charge is 0.228 e. The summed E-state index contributed by atoms with van der Waals surface area (Å²) in [6.07, 6.45) is -0.00555. The van der Waals surface area contributed by atoms with E-state index in [4.69, 9.17) is 4.74 Å². The van der Waals surface area contributed by atoms with Crippen molar-refractivity contribution < 1.29 is 13.9 Å². The molecule has 0 aliphatic heterocycles. The molecule has 0 heterocycles. The molecule has 27 heavy (non-hydrogen) atoms. The van der Waals surface area contributed by atoms with Crippen molar-refractivity contribution in [3.05, 3.63) is 84.2 Å². The lowest BCUT2D eigenvalue weighted by molar-refractivity contribution is -0.115. The van der Waals surface area contributed by atoms with Gasteiger partial charge in [0.1, 0.15) is 11.6 Å². The van der Waals surface area contributed by atoms with E-state index in [1.54, 1.807) is 30.3 Å². The largest absolute Gasteiger partial charge is 0.492 e. The predicted molar refractivity (Wildman–Crippen MR) is 106 cm³/mol. The van der Waals surface area contributed by atoms with E-state index >= 15 is 0 Å². The van der Waals surface area contributed by atoms with E-state index in [1.165, 1.54) is 6.07 Å². The zero-order valence-electron chi connectivity index (χ0n) is 15.0. The molecule has 0 fully saturated rings. The third kappa shape index (κ3) is 5.07. The molecule has 0 aromatic heterocycles. The van der Waals surface area contributed by atoms with E-state index in [2.05, 4.69) is 10.6 Å². The first-order chi connectivity index (χ1) is 13.2. The highest BCUT2D eigenvalue weighted by molar-refractivity contribution is 5.92. The van der Waals surface area contributed by atoms with Gasteiger partial charge in [-0.2, -0.15) is 0 Å². The summed E-state index contributed by atoms with van der Waals surface area (Å²) in [5, 5.41) is 6.08. The molecule has 3 rings (SSSR count). The molecule has 0 saturated heterocycles. The number of benzene rings is 3. The van der Waals surface area contributed by atoms with Gasteiger partial charge >= 0.3 is 0 Å². The number of ether oxygens (including phenoxy) is 1. The molecule has 3 aromatic carbocycles. The Balaban J connectivity index is 1.62. The van der Waals surface area contributed by atoms with Crippen molar-refractivity contribution in [3.8, 4) is 5.75 Å². The summed E-state index contributed by atoms with van der Waals surface area (Å²) < 4.78 is 19.2. The van der Waals surface area contributed by atoms with Crippen LogP contribution in [0.25, 0.3) is 0 Å². The van der Waals surface area contributed by atoms with Gasteiger partial charge < -0.3 is 15.4 Å². The summed E-state index contributed by atoms with van der Waals surface area (Å²) in [5.41, 5.74) is 2.77. The lowest BCUT2D eigenvalue weighted by Crippen LogP contribution is -2.15. The standard InChI is InChI=1S/C22H21FN2O2/c1-2-27-21-10-6-5-9-20(21)24-17-11-13-18(14-12-17)25-22(26)15-16-7-3-4-8-19(16)23/h3-14,24H,2,15H2,1H3,(H,25,26). The van der Waals surface area contributed by atoms with Crippen LogP contribution in [0.5, 0.6) is 5.75 Å². The van der Waals surface area contributed by atoms with E-state index in [-0.39, 0.29) is 18.1 Å². The van der Waals surface area contributed by atoms with Gasteiger partial charge in [0.25, 0.3) is 0 Å². The lowest BCUT2D eigenvalue weighted by atomic mass is 10.1. The first kappa shape index (κ1) is 18.5. The summed E-state index contributed by atoms with van der Waals surface area (Å²) in [7, 11) is 0. The highest BCUT2D eigenvalue weighted by Gasteiger charge is 2.08. The third-order valence-corrected chi connectivity index (χ3v) is 3.94. The van der Waals surface area contributed by atoms with Gasteiger partial charge in [-0.3, -0.25) is 4.79 Å². The van der Waals surface area contributed by atoms with E-state index in [0.29, 0.717) is 17.9 Å². The molecule has 0 unspecified atom stereocenters. The molecule has 0 aliphatic carbocycles. The number of halogens is 1. The molecule has 0 saturated carbocycles. The molecular formula is C22H21FN2O2. The molecule has 3 aromatic rings. The van der Waals surface area contributed by atoms with Crippen LogP contribution >= 0.6 is 0 Å². The quantitative estimate of drug-likeness (QED) is 0.610. The Kier molecular flexibility index (Phi) is 6.05. The van der Waals surface area contributed by atoms with E-state index in [9.17, 15) is 9.18 Å². The molecule has 0 atom stereocenters. The fourth-order valence-corrected chi connectivity index (χ4v) is 2.66. The average Bonchev–Trinajstić information content (AvgIpc) is 2.67. The number of amides is 1. The number of nitrogens with one attached hydrogen (secondary N) is 2. The molecule has 0 bridgehead atoms. The van der Waals surface area contributed by atoms with Crippen LogP contribution in [-0.4, -0.2) is 12.5 Å². The van der Waals surface area contributed by atoms with Gasteiger partial charge in [-0.25, -0.2) is 4.39 Å². The number of anilines is 3. The van der Waals surface area contributed by atoms with Gasteiger partial charge in [0, 0.05) is 11.4 Å². The first-order valence-corrected chi connectivity index (χ1v) is 8.78. The minimum Gasteiger partial charge on any atom is -0.492 e. The van der Waals surface area contributed by atoms with Gasteiger partial charge in [0.2, 0.25) is 5.91 Å². The monoisotopic (exact) mass is 364 g/mol. The molecule has 0 aliphatic rings. The summed E-state index contributed by atoms with van der Waals surface area (Å²) >= 11 is 0. The van der Waals surface area contributed by atoms with Gasteiger partial charge in [0.15, 0.2) is 0 Å². The van der Waals surface area contributed by atoms with Crippen LogP contribution in [0.1, 0.15) is 12.5 Å². The second-order valence-electron chi connectivity index (χ2n) is 5.95. The van der Waals surface area contributed by atoms with Crippen LogP contribution in [0.4, 0.5) is 21.5 Å². The van der Waals surface area contributed by atoms with E-state index < -0.39 is 0 Å². The summed E-state index contributed by atoms with van der Waals surface area (Å²) in [4.78, 5) is 12.1. The normalized spacial score (nSPS) is 10.3. The average molecular weight is 364 g/mol. The van der Waals surface area contributed by atoms with Crippen LogP contribution in [0.15, 0.2) is 72.8 Å². The number of hydrogen-bond donors (Lipinski definition) is 2. The van der Waals surface area contributed by atoms with Crippen molar-refractivity contribution in [2.45, 2.75) is 13.3 Å². The van der Waals surface area contributed by atoms with Crippen molar-refractivity contribution in [1.29, 1.82) is 0 Å². The maximum atomic E-state index is 13.6. The predicted octanol–water partition coefficient (Wildman–Crippen LogP) is 5.15. The van der Waals surface area contributed by atoms with Crippen molar-refractivity contribution in [2.24, 2.45) is 0 Å². The van der Waals surface area contributed by atoms with Crippen molar-refractivity contribution >= 4 is 23.0 Å². The molecule has 5 heteroatoms. The van der Waals surface area contributed by atoms with Crippen molar-refractivity contribution in [2.75, 3.05) is 17.2 Å². The maximum Gasteiger partial charge on any atom is 0.228 e. The van der Waals surface area contributed by atoms with Crippen molar-refractivity contribution in [3.63, 3.8) is 0 Å². The molecule has 2 N–H and O–H groups in total. The molecule has 0 spiro atoms. The Morgan fingerprint density at radius 1 is 0.926 bits per heavy atom. The second kappa shape index (κ2) is 8.85. The topological polar surface area (TPSA) is 50.4 Å². The number of rotatable bonds is 7. The SMILES string of the molecule is CCOc1ccccc1Nc1ccc(NC(=O)Cc2ccccc2F)cc1. The van der Waals surface area contributed by atoms with E-state index in [0.717, 1.165) is 17.1 Å². The molecule has 1 amide bonds. The Hall–Kier alpha value is -3.34. The van der Waals surface area contributed by atoms with Gasteiger partial charge in [-0.15, -0.1) is 0 Å². The number of para-hydroxylation sites is 2. The molecule has 138 valence electrons. The number of carbonyl (C=O) groups excluding carboxylic acids is 1. The maximum absolute atomic E-state index is 13.6. The Labute approximate surface area is 158 Å². The fraction of sp³-hybridized carbons (Fsp3) is 0.136. The minimum absolute atomic E-state index is 0.00555. The van der Waals surface area contributed by atoms with Crippen LogP contribution in [-0.2, 0) is 11.2 Å². The van der Waals surface area contributed by atoms with Crippen LogP contribution in [0.3, 0.4) is 0 Å². The Morgan fingerprint density at radius 2 is 1.59 bits per heavy atom. The van der Waals surface area contributed by atoms with Gasteiger partial charge in [0.05, 0.1) is 18.7 Å². The van der Waals surface area contributed by atoms with Crippen LogP contribution in [0, 0.1) is 5.82 Å². The molecule has 4 nitrogen and oxygen atoms in total. The molecular weight excluding hydrogens is 343 g/mol. The Morgan fingerprint density at radius 3 is 2.33 bits per heavy atom. The third-order valence-electron chi connectivity index (χ3n) is 3.94. The molecule has 0 radical (unpaired) electrons. The van der Waals surface area contributed by atoms with E-state index in [1.807, 2.05) is 43.3 Å². The highest BCUT2D eigenvalue weighted by Crippen LogP contribution is 2.28. The minimum atomic E-state index is -0.375. The summed E-state index contributed by atoms with van der Waals surface area (Å²) in [6.45, 7) is 2.53. The zero-order valence-corrected chi connectivity index (χ0v) is 15.0. The van der Waals surface area contributed by atoms with Gasteiger partial charge in [-0.1, -0.05) is 30.3 Å². The zero-order chi connectivity index (χ0) is 19.1. The fourth-order valence-electron chi connectivity index (χ4n) is 2.66. The highest BCUT2D eigenvalue weighted by atomic mass is 19.1. The summed E-state index contributed by atoms with van der Waals surface area (Å²) in [5.74, 6) is 0.143. The number of carbonyl (C=O) groups is 1. The first-order valence-electron chi connectivity index (χ1n) is 8.78. The lowest BCUT2D eigenvalue weighted by Gasteiger charge is -2.13. The van der Waals surface area contributed by atoms with Crippen LogP contribution in [0.2, 0.25) is 0 Å².